The van der Waals surface area contributed by atoms with E-state index in [1.54, 1.807) is 0 Å². The summed E-state index contributed by atoms with van der Waals surface area (Å²) < 4.78 is 7.61. The monoisotopic (exact) mass is 374 g/mol. The van der Waals surface area contributed by atoms with E-state index in [1.807, 2.05) is 15.7 Å². The highest BCUT2D eigenvalue weighted by Gasteiger charge is 2.31. The van der Waals surface area contributed by atoms with Crippen molar-refractivity contribution in [3.8, 4) is 0 Å². The maximum absolute atomic E-state index is 13.1. The summed E-state index contributed by atoms with van der Waals surface area (Å²) >= 11 is 0. The Hall–Kier alpha value is -1.66. The third kappa shape index (κ3) is 4.99. The Morgan fingerprint density at radius 2 is 2.15 bits per heavy atom. The second kappa shape index (κ2) is 9.51. The van der Waals surface area contributed by atoms with Crippen LogP contribution in [0.3, 0.4) is 0 Å². The second-order valence-electron chi connectivity index (χ2n) is 7.91. The summed E-state index contributed by atoms with van der Waals surface area (Å²) in [7, 11) is 0. The number of carbonyl (C=O) groups is 1. The molecule has 2 heterocycles. The first-order valence-electron chi connectivity index (χ1n) is 10.4. The fraction of sp³-hybridized carbons (Fsp3) is 0.714. The lowest BCUT2D eigenvalue weighted by Crippen LogP contribution is -2.39. The van der Waals surface area contributed by atoms with Crippen LogP contribution in [-0.4, -0.2) is 59.0 Å². The first-order chi connectivity index (χ1) is 13.1. The molecule has 27 heavy (non-hydrogen) atoms. The quantitative estimate of drug-likeness (QED) is 0.561. The van der Waals surface area contributed by atoms with Gasteiger partial charge in [0, 0.05) is 36.9 Å². The van der Waals surface area contributed by atoms with Crippen LogP contribution in [0.1, 0.15) is 61.3 Å². The predicted molar refractivity (Wildman–Crippen MR) is 107 cm³/mol. The highest BCUT2D eigenvalue weighted by atomic mass is 16.5. The molecule has 6 nitrogen and oxygen atoms in total. The molecule has 1 aliphatic heterocycles. The van der Waals surface area contributed by atoms with Crippen LogP contribution in [-0.2, 0) is 24.1 Å². The van der Waals surface area contributed by atoms with Crippen molar-refractivity contribution in [3.63, 3.8) is 0 Å². The number of aromatic nitrogens is 2. The molecule has 0 bridgehead atoms. The third-order valence-corrected chi connectivity index (χ3v) is 5.48. The van der Waals surface area contributed by atoms with Crippen molar-refractivity contribution in [3.05, 3.63) is 29.6 Å². The maximum Gasteiger partial charge on any atom is 0.274 e. The lowest BCUT2D eigenvalue weighted by Gasteiger charge is -2.28. The van der Waals surface area contributed by atoms with Gasteiger partial charge in [-0.15, -0.1) is 6.58 Å². The van der Waals surface area contributed by atoms with Gasteiger partial charge in [0.1, 0.15) is 0 Å². The average Bonchev–Trinajstić information content (AvgIpc) is 3.03. The number of rotatable bonds is 8. The van der Waals surface area contributed by atoms with Crippen LogP contribution < -0.4 is 5.32 Å². The minimum atomic E-state index is 0.109. The fourth-order valence-electron chi connectivity index (χ4n) is 4.11. The number of piperidine rings is 1. The number of nitrogens with one attached hydrogen (secondary N) is 1. The van der Waals surface area contributed by atoms with Gasteiger partial charge < -0.3 is 15.0 Å². The largest absolute Gasteiger partial charge is 0.377 e. The Labute approximate surface area is 162 Å². The standard InChI is InChI=1S/C21H34N4O2/c1-4-11-25-19-9-8-17(22-10-14-27-16(2)3)15-18(19)20(23-25)21(26)24-12-6-5-7-13-24/h4,16-17,22H,1,5-15H2,2-3H3/t17-/m1/s1. The first kappa shape index (κ1) is 20.1. The number of likely N-dealkylation sites (tertiary alicyclic amines) is 1. The molecule has 0 unspecified atom stereocenters. The first-order valence-corrected chi connectivity index (χ1v) is 10.4. The van der Waals surface area contributed by atoms with E-state index < -0.39 is 0 Å². The van der Waals surface area contributed by atoms with Gasteiger partial charge in [0.2, 0.25) is 0 Å². The summed E-state index contributed by atoms with van der Waals surface area (Å²) in [6.07, 6.45) is 8.41. The van der Waals surface area contributed by atoms with Crippen LogP contribution in [0.5, 0.6) is 0 Å². The predicted octanol–water partition coefficient (Wildman–Crippen LogP) is 2.57. The van der Waals surface area contributed by atoms with Gasteiger partial charge in [-0.3, -0.25) is 9.48 Å². The molecule has 1 fully saturated rings. The molecular formula is C21H34N4O2. The summed E-state index contributed by atoms with van der Waals surface area (Å²) in [5.41, 5.74) is 3.02. The normalized spacial score (nSPS) is 20.0. The van der Waals surface area contributed by atoms with Gasteiger partial charge in [-0.1, -0.05) is 6.08 Å². The van der Waals surface area contributed by atoms with Crippen LogP contribution in [0.2, 0.25) is 0 Å². The molecule has 0 spiro atoms. The van der Waals surface area contributed by atoms with E-state index in [4.69, 9.17) is 9.84 Å². The van der Waals surface area contributed by atoms with Crippen molar-refractivity contribution in [2.45, 2.75) is 71.1 Å². The van der Waals surface area contributed by atoms with Crippen LogP contribution in [0.15, 0.2) is 12.7 Å². The lowest BCUT2D eigenvalue weighted by molar-refractivity contribution is 0.0715. The SMILES string of the molecule is C=CCn1nc(C(=O)N2CCCCC2)c2c1CC[C@@H](NCCOC(C)C)C2. The molecule has 1 aromatic rings. The zero-order valence-corrected chi connectivity index (χ0v) is 16.9. The summed E-state index contributed by atoms with van der Waals surface area (Å²) in [6, 6.07) is 0.377. The van der Waals surface area contributed by atoms with Crippen molar-refractivity contribution in [1.82, 2.24) is 20.0 Å². The molecule has 6 heteroatoms. The topological polar surface area (TPSA) is 59.4 Å². The molecule has 1 saturated heterocycles. The van der Waals surface area contributed by atoms with E-state index in [9.17, 15) is 4.79 Å². The van der Waals surface area contributed by atoms with Gasteiger partial charge in [-0.25, -0.2) is 0 Å². The van der Waals surface area contributed by atoms with E-state index in [2.05, 4.69) is 25.7 Å². The summed E-state index contributed by atoms with van der Waals surface area (Å²) in [5.74, 6) is 0.109. The van der Waals surface area contributed by atoms with Crippen molar-refractivity contribution >= 4 is 5.91 Å². The summed E-state index contributed by atoms with van der Waals surface area (Å²) in [5, 5.41) is 8.31. The zero-order valence-electron chi connectivity index (χ0n) is 16.9. The molecule has 150 valence electrons. The average molecular weight is 375 g/mol. The Morgan fingerprint density at radius 3 is 2.85 bits per heavy atom. The second-order valence-corrected chi connectivity index (χ2v) is 7.91. The molecule has 1 aromatic heterocycles. The number of amides is 1. The van der Waals surface area contributed by atoms with Crippen molar-refractivity contribution in [1.29, 1.82) is 0 Å². The summed E-state index contributed by atoms with van der Waals surface area (Å²) in [6.45, 7) is 11.9. The Morgan fingerprint density at radius 1 is 1.37 bits per heavy atom. The highest BCUT2D eigenvalue weighted by Crippen LogP contribution is 2.26. The minimum Gasteiger partial charge on any atom is -0.377 e. The molecule has 3 rings (SSSR count). The Kier molecular flexibility index (Phi) is 7.07. The molecule has 0 saturated carbocycles. The van der Waals surface area contributed by atoms with Gasteiger partial charge >= 0.3 is 0 Å². The van der Waals surface area contributed by atoms with Crippen LogP contribution in [0.4, 0.5) is 0 Å². The van der Waals surface area contributed by atoms with Gasteiger partial charge in [-0.05, 0) is 52.4 Å². The maximum atomic E-state index is 13.1. The summed E-state index contributed by atoms with van der Waals surface area (Å²) in [4.78, 5) is 15.1. The van der Waals surface area contributed by atoms with E-state index in [0.29, 0.717) is 18.3 Å². The number of ether oxygens (including phenoxy) is 1. The number of allylic oxidation sites excluding steroid dienone is 1. The van der Waals surface area contributed by atoms with Crippen LogP contribution >= 0.6 is 0 Å². The molecule has 0 radical (unpaired) electrons. The molecule has 0 aromatic carbocycles. The van der Waals surface area contributed by atoms with E-state index in [-0.39, 0.29) is 12.0 Å². The molecular weight excluding hydrogens is 340 g/mol. The number of fused-ring (bicyclic) bond motifs is 1. The van der Waals surface area contributed by atoms with Crippen molar-refractivity contribution < 1.29 is 9.53 Å². The number of carbonyl (C=O) groups excluding carboxylic acids is 1. The lowest BCUT2D eigenvalue weighted by atomic mass is 9.91. The molecule has 1 N–H and O–H groups in total. The zero-order chi connectivity index (χ0) is 19.2. The smallest absolute Gasteiger partial charge is 0.274 e. The van der Waals surface area contributed by atoms with Crippen molar-refractivity contribution in [2.75, 3.05) is 26.2 Å². The molecule has 1 aliphatic carbocycles. The minimum absolute atomic E-state index is 0.109. The van der Waals surface area contributed by atoms with Gasteiger partial charge in [-0.2, -0.15) is 5.10 Å². The van der Waals surface area contributed by atoms with E-state index in [0.717, 1.165) is 63.9 Å². The number of hydrogen-bond acceptors (Lipinski definition) is 4. The van der Waals surface area contributed by atoms with Gasteiger partial charge in [0.25, 0.3) is 5.91 Å². The Bertz CT molecular complexity index is 647. The number of hydrogen-bond donors (Lipinski definition) is 1. The van der Waals surface area contributed by atoms with Gasteiger partial charge in [0.15, 0.2) is 5.69 Å². The molecule has 2 aliphatic rings. The Balaban J connectivity index is 1.72. The molecule has 1 atom stereocenters. The third-order valence-electron chi connectivity index (χ3n) is 5.48. The highest BCUT2D eigenvalue weighted by molar-refractivity contribution is 5.94. The van der Waals surface area contributed by atoms with E-state index in [1.165, 1.54) is 12.1 Å². The van der Waals surface area contributed by atoms with Crippen LogP contribution in [0.25, 0.3) is 0 Å². The van der Waals surface area contributed by atoms with Gasteiger partial charge in [0.05, 0.1) is 19.3 Å². The molecule has 1 amide bonds. The van der Waals surface area contributed by atoms with Crippen LogP contribution in [0, 0.1) is 0 Å². The van der Waals surface area contributed by atoms with Crippen molar-refractivity contribution in [2.24, 2.45) is 0 Å². The van der Waals surface area contributed by atoms with E-state index >= 15 is 0 Å². The number of nitrogens with zero attached hydrogens (tertiary/aromatic N) is 3. The fourth-order valence-corrected chi connectivity index (χ4v) is 4.11.